The summed E-state index contributed by atoms with van der Waals surface area (Å²) in [5, 5.41) is 6.73. The third-order valence-electron chi connectivity index (χ3n) is 8.56. The zero-order valence-corrected chi connectivity index (χ0v) is 26.1. The minimum atomic E-state index is -1.62. The number of ether oxygens (including phenoxy) is 2. The van der Waals surface area contributed by atoms with Crippen molar-refractivity contribution in [1.29, 1.82) is 0 Å². The second kappa shape index (κ2) is 11.8. The Morgan fingerprint density at radius 1 is 0.523 bits per heavy atom. The molecule has 0 aliphatic heterocycles. The number of nitrogens with zero attached hydrogens (tertiary/aromatic N) is 1. The van der Waals surface area contributed by atoms with Crippen LogP contribution in [0.4, 0.5) is 0 Å². The molecular formula is C38H34NO4P. The van der Waals surface area contributed by atoms with Crippen LogP contribution in [0.15, 0.2) is 130 Å². The maximum Gasteiger partial charge on any atom is 0.310 e. The Bertz CT molecular complexity index is 1990. The van der Waals surface area contributed by atoms with Gasteiger partial charge in [0.2, 0.25) is 0 Å². The van der Waals surface area contributed by atoms with E-state index in [9.17, 15) is 0 Å². The van der Waals surface area contributed by atoms with Crippen LogP contribution in [-0.4, -0.2) is 14.2 Å². The fourth-order valence-corrected chi connectivity index (χ4v) is 7.84. The molecule has 6 heteroatoms. The van der Waals surface area contributed by atoms with Gasteiger partial charge in [0.05, 0.1) is 14.2 Å². The van der Waals surface area contributed by atoms with Crippen LogP contribution in [0.2, 0.25) is 0 Å². The van der Waals surface area contributed by atoms with Crippen LogP contribution in [0.1, 0.15) is 37.1 Å². The van der Waals surface area contributed by atoms with Gasteiger partial charge in [-0.2, -0.15) is 4.67 Å². The van der Waals surface area contributed by atoms with Crippen molar-refractivity contribution in [3.05, 3.63) is 132 Å². The van der Waals surface area contributed by atoms with E-state index in [0.29, 0.717) is 0 Å². The first-order valence-corrected chi connectivity index (χ1v) is 15.9. The van der Waals surface area contributed by atoms with Crippen molar-refractivity contribution in [3.8, 4) is 11.5 Å². The Kier molecular flexibility index (Phi) is 7.51. The highest BCUT2D eigenvalue weighted by Gasteiger charge is 2.29. The smallest absolute Gasteiger partial charge is 0.310 e. The van der Waals surface area contributed by atoms with Gasteiger partial charge in [0.25, 0.3) is 0 Å². The van der Waals surface area contributed by atoms with Gasteiger partial charge in [0.15, 0.2) is 0 Å². The van der Waals surface area contributed by atoms with Gasteiger partial charge in [-0.15, -0.1) is 0 Å². The standard InChI is InChI=1S/C38H34NO4P/c1-25(27-13-19-31(40-3)20-14-27)39(26(2)28-15-21-32(41-4)22-16-28)44-42-35-23-17-29-9-5-7-11-33(29)37(35)38-34-12-8-6-10-30(34)18-24-36(38)43-44/h5-26H,1-4H3/t25-,26-/m1/s1. The van der Waals surface area contributed by atoms with E-state index in [1.807, 2.05) is 24.3 Å². The first-order chi connectivity index (χ1) is 21.6. The molecule has 6 aromatic carbocycles. The molecule has 0 spiro atoms. The summed E-state index contributed by atoms with van der Waals surface area (Å²) in [5.74, 6) is 1.65. The van der Waals surface area contributed by atoms with Crippen molar-refractivity contribution in [2.45, 2.75) is 25.9 Å². The molecule has 0 radical (unpaired) electrons. The van der Waals surface area contributed by atoms with Gasteiger partial charge in [-0.25, -0.2) is 0 Å². The number of benzene rings is 6. The molecule has 0 unspecified atom stereocenters. The van der Waals surface area contributed by atoms with Crippen molar-refractivity contribution >= 4 is 51.6 Å². The van der Waals surface area contributed by atoms with Gasteiger partial charge >= 0.3 is 8.16 Å². The topological polar surface area (TPSA) is 48.0 Å². The molecule has 0 amide bonds. The molecule has 0 bridgehead atoms. The van der Waals surface area contributed by atoms with E-state index in [-0.39, 0.29) is 12.1 Å². The van der Waals surface area contributed by atoms with Crippen LogP contribution < -0.4 is 14.1 Å². The molecule has 0 N–H and O–H groups in total. The Hall–Kier alpha value is -4.70. The lowest BCUT2D eigenvalue weighted by molar-refractivity contribution is 0.414. The fraction of sp³-hybridized carbons (Fsp3) is 0.158. The molecule has 7 rings (SSSR count). The zero-order valence-electron chi connectivity index (χ0n) is 25.2. The van der Waals surface area contributed by atoms with Crippen molar-refractivity contribution in [2.75, 3.05) is 18.9 Å². The minimum Gasteiger partial charge on any atom is -0.497 e. The normalized spacial score (nSPS) is 13.0. The molecule has 44 heavy (non-hydrogen) atoms. The summed E-state index contributed by atoms with van der Waals surface area (Å²) in [4.78, 5) is 0. The highest BCUT2D eigenvalue weighted by molar-refractivity contribution is 7.39. The lowest BCUT2D eigenvalue weighted by atomic mass is 9.99. The molecule has 0 fully saturated rings. The molecule has 220 valence electrons. The summed E-state index contributed by atoms with van der Waals surface area (Å²) in [7, 11) is 1.76. The Morgan fingerprint density at radius 2 is 0.932 bits per heavy atom. The average molecular weight is 600 g/mol. The van der Waals surface area contributed by atoms with Crippen molar-refractivity contribution < 1.29 is 17.9 Å². The Balaban J connectivity index is 1.54. The van der Waals surface area contributed by atoms with Crippen LogP contribution in [-0.2, 0) is 0 Å². The third-order valence-corrected chi connectivity index (χ3v) is 10.3. The molecular weight excluding hydrogens is 565 g/mol. The molecule has 1 aromatic heterocycles. The van der Waals surface area contributed by atoms with Gasteiger partial charge in [0.1, 0.15) is 22.7 Å². The lowest BCUT2D eigenvalue weighted by Crippen LogP contribution is -2.27. The zero-order chi connectivity index (χ0) is 30.2. The van der Waals surface area contributed by atoms with Crippen LogP contribution in [0.25, 0.3) is 43.5 Å². The minimum absolute atomic E-state index is 0.0463. The molecule has 2 atom stereocenters. The van der Waals surface area contributed by atoms with E-state index in [2.05, 4.69) is 116 Å². The summed E-state index contributed by atoms with van der Waals surface area (Å²) in [5.41, 5.74) is 3.92. The molecule has 0 aliphatic carbocycles. The number of fused-ring (bicyclic) bond motifs is 7. The second-order valence-corrected chi connectivity index (χ2v) is 12.3. The van der Waals surface area contributed by atoms with E-state index >= 15 is 0 Å². The number of methoxy groups -OCH3 is 2. The van der Waals surface area contributed by atoms with Gasteiger partial charge < -0.3 is 17.9 Å². The number of hydrogen-bond acceptors (Lipinski definition) is 5. The molecule has 0 saturated carbocycles. The Morgan fingerprint density at radius 3 is 1.34 bits per heavy atom. The van der Waals surface area contributed by atoms with E-state index in [0.717, 1.165) is 66.1 Å². The van der Waals surface area contributed by atoms with Gasteiger partial charge in [-0.3, -0.25) is 0 Å². The van der Waals surface area contributed by atoms with E-state index < -0.39 is 8.16 Å². The molecule has 1 heterocycles. The largest absolute Gasteiger partial charge is 0.497 e. The number of rotatable bonds is 7. The van der Waals surface area contributed by atoms with Crippen LogP contribution >= 0.6 is 8.16 Å². The summed E-state index contributed by atoms with van der Waals surface area (Å²) < 4.78 is 27.4. The third kappa shape index (κ3) is 4.98. The molecule has 5 nitrogen and oxygen atoms in total. The van der Waals surface area contributed by atoms with E-state index in [1.165, 1.54) is 0 Å². The van der Waals surface area contributed by atoms with E-state index in [4.69, 9.17) is 17.9 Å². The van der Waals surface area contributed by atoms with E-state index in [1.54, 1.807) is 14.2 Å². The van der Waals surface area contributed by atoms with Crippen LogP contribution in [0.5, 0.6) is 11.5 Å². The summed E-state index contributed by atoms with van der Waals surface area (Å²) in [6.07, 6.45) is 0. The highest BCUT2D eigenvalue weighted by atomic mass is 31.1. The van der Waals surface area contributed by atoms with Crippen molar-refractivity contribution in [2.24, 2.45) is 0 Å². The maximum absolute atomic E-state index is 7.05. The van der Waals surface area contributed by atoms with Gasteiger partial charge in [-0.1, -0.05) is 84.9 Å². The lowest BCUT2D eigenvalue weighted by Gasteiger charge is -2.32. The van der Waals surface area contributed by atoms with Crippen molar-refractivity contribution in [3.63, 3.8) is 0 Å². The predicted molar refractivity (Wildman–Crippen MR) is 182 cm³/mol. The van der Waals surface area contributed by atoms with Crippen LogP contribution in [0.3, 0.4) is 0 Å². The molecule has 0 saturated heterocycles. The second-order valence-electron chi connectivity index (χ2n) is 11.0. The monoisotopic (exact) mass is 599 g/mol. The van der Waals surface area contributed by atoms with Gasteiger partial charge in [-0.05, 0) is 82.9 Å². The number of hydrogen-bond donors (Lipinski definition) is 0. The van der Waals surface area contributed by atoms with Crippen molar-refractivity contribution in [1.82, 2.24) is 0 Å². The fourth-order valence-electron chi connectivity index (χ4n) is 6.14. The quantitative estimate of drug-likeness (QED) is 0.182. The molecule has 7 aromatic rings. The molecule has 0 aliphatic rings. The van der Waals surface area contributed by atoms with Gasteiger partial charge in [0, 0.05) is 22.9 Å². The maximum atomic E-state index is 7.05. The highest BCUT2D eigenvalue weighted by Crippen LogP contribution is 2.48. The van der Waals surface area contributed by atoms with Crippen LogP contribution in [0, 0.1) is 0 Å². The SMILES string of the molecule is COc1ccc([C@@H](C)N([C@H](C)c2ccc(OC)cc2)p2oc3ccc4ccccc4c3c3c(ccc4ccccc43)o2)cc1. The average Bonchev–Trinajstić information content (AvgIpc) is 3.25. The summed E-state index contributed by atoms with van der Waals surface area (Å²) >= 11 is 0. The Labute approximate surface area is 257 Å². The summed E-state index contributed by atoms with van der Waals surface area (Å²) in [6.45, 7) is 4.43. The first-order valence-electron chi connectivity index (χ1n) is 14.8. The predicted octanol–water partition coefficient (Wildman–Crippen LogP) is 11.1. The summed E-state index contributed by atoms with van der Waals surface area (Å²) in [6, 6.07) is 41.9. The first kappa shape index (κ1) is 28.1.